The van der Waals surface area contributed by atoms with Gasteiger partial charge in [-0.1, -0.05) is 6.92 Å². The summed E-state index contributed by atoms with van der Waals surface area (Å²) in [6.45, 7) is 8.39. The van der Waals surface area contributed by atoms with Crippen LogP contribution in [0.25, 0.3) is 0 Å². The smallest absolute Gasteiger partial charge is 0.0572 e. The van der Waals surface area contributed by atoms with Gasteiger partial charge in [-0.05, 0) is 32.4 Å². The fourth-order valence-corrected chi connectivity index (χ4v) is 1.60. The highest BCUT2D eigenvalue weighted by atomic mass is 15.1. The van der Waals surface area contributed by atoms with Crippen molar-refractivity contribution in [2.24, 2.45) is 5.73 Å². The molecule has 1 atom stereocenters. The van der Waals surface area contributed by atoms with Crippen molar-refractivity contribution in [1.29, 1.82) is 0 Å². The van der Waals surface area contributed by atoms with Crippen LogP contribution in [0.2, 0.25) is 0 Å². The maximum Gasteiger partial charge on any atom is 0.0572 e. The summed E-state index contributed by atoms with van der Waals surface area (Å²) in [6.07, 6.45) is 2.84. The second kappa shape index (κ2) is 5.71. The average molecular weight is 207 g/mol. The number of nitrogens with zero attached hydrogens (tertiary/aromatic N) is 2. The third kappa shape index (κ3) is 2.93. The predicted octanol–water partition coefficient (Wildman–Crippen LogP) is 2.34. The molecule has 0 fully saturated rings. The van der Waals surface area contributed by atoms with Crippen LogP contribution in [-0.4, -0.2) is 18.1 Å². The minimum atomic E-state index is 0.0655. The summed E-state index contributed by atoms with van der Waals surface area (Å²) in [7, 11) is 0. The Balaban J connectivity index is 2.79. The molecule has 2 N–H and O–H groups in total. The monoisotopic (exact) mass is 207 g/mol. The second-order valence-electron chi connectivity index (χ2n) is 3.63. The molecule has 0 spiro atoms. The Labute approximate surface area is 92.3 Å². The van der Waals surface area contributed by atoms with Crippen molar-refractivity contribution in [2.75, 3.05) is 18.0 Å². The zero-order chi connectivity index (χ0) is 11.3. The molecule has 1 unspecified atom stereocenters. The normalized spacial score (nSPS) is 12.5. The molecule has 1 rings (SSSR count). The van der Waals surface area contributed by atoms with Crippen molar-refractivity contribution in [1.82, 2.24) is 4.98 Å². The molecule has 3 heteroatoms. The van der Waals surface area contributed by atoms with E-state index in [0.29, 0.717) is 0 Å². The van der Waals surface area contributed by atoms with Crippen molar-refractivity contribution in [3.63, 3.8) is 0 Å². The third-order valence-corrected chi connectivity index (χ3v) is 2.72. The molecule has 3 nitrogen and oxygen atoms in total. The molecule has 1 aromatic heterocycles. The lowest BCUT2D eigenvalue weighted by Gasteiger charge is -2.21. The highest BCUT2D eigenvalue weighted by molar-refractivity contribution is 5.44. The van der Waals surface area contributed by atoms with E-state index in [9.17, 15) is 0 Å². The van der Waals surface area contributed by atoms with Crippen LogP contribution in [0.1, 0.15) is 38.9 Å². The summed E-state index contributed by atoms with van der Waals surface area (Å²) in [5, 5.41) is 0. The Morgan fingerprint density at radius 2 is 1.93 bits per heavy atom. The van der Waals surface area contributed by atoms with Gasteiger partial charge in [0.1, 0.15) is 0 Å². The number of aromatic nitrogens is 1. The molecule has 0 aliphatic carbocycles. The summed E-state index contributed by atoms with van der Waals surface area (Å²) >= 11 is 0. The molecular weight excluding hydrogens is 186 g/mol. The van der Waals surface area contributed by atoms with E-state index >= 15 is 0 Å². The Bertz CT molecular complexity index is 277. The van der Waals surface area contributed by atoms with Crippen LogP contribution in [0, 0.1) is 0 Å². The van der Waals surface area contributed by atoms with Crippen LogP contribution in [-0.2, 0) is 0 Å². The molecule has 0 radical (unpaired) electrons. The summed E-state index contributed by atoms with van der Waals surface area (Å²) in [6, 6.07) is 4.20. The minimum absolute atomic E-state index is 0.0655. The molecule has 1 aromatic rings. The number of pyridine rings is 1. The fraction of sp³-hybridized carbons (Fsp3) is 0.583. The molecule has 84 valence electrons. The van der Waals surface area contributed by atoms with Gasteiger partial charge in [0.2, 0.25) is 0 Å². The van der Waals surface area contributed by atoms with Crippen LogP contribution in [0.3, 0.4) is 0 Å². The number of rotatable bonds is 5. The lowest BCUT2D eigenvalue weighted by Crippen LogP contribution is -2.22. The first-order chi connectivity index (χ1) is 7.22. The Morgan fingerprint density at radius 1 is 1.27 bits per heavy atom. The van der Waals surface area contributed by atoms with Gasteiger partial charge in [-0.2, -0.15) is 0 Å². The molecule has 0 amide bonds. The van der Waals surface area contributed by atoms with Crippen molar-refractivity contribution >= 4 is 5.69 Å². The highest BCUT2D eigenvalue weighted by Crippen LogP contribution is 2.16. The van der Waals surface area contributed by atoms with Crippen molar-refractivity contribution in [3.8, 4) is 0 Å². The van der Waals surface area contributed by atoms with Gasteiger partial charge in [-0.3, -0.25) is 4.98 Å². The molecule has 0 aromatic carbocycles. The zero-order valence-corrected chi connectivity index (χ0v) is 9.90. The molecule has 0 aliphatic heterocycles. The lowest BCUT2D eigenvalue weighted by atomic mass is 10.1. The summed E-state index contributed by atoms with van der Waals surface area (Å²) < 4.78 is 0. The number of hydrogen-bond acceptors (Lipinski definition) is 3. The third-order valence-electron chi connectivity index (χ3n) is 2.72. The van der Waals surface area contributed by atoms with Gasteiger partial charge >= 0.3 is 0 Å². The molecule has 1 heterocycles. The molecule has 0 saturated carbocycles. The van der Waals surface area contributed by atoms with Crippen LogP contribution in [0.15, 0.2) is 18.3 Å². The minimum Gasteiger partial charge on any atom is -0.371 e. The molecule has 15 heavy (non-hydrogen) atoms. The predicted molar refractivity (Wildman–Crippen MR) is 65.0 cm³/mol. The topological polar surface area (TPSA) is 42.1 Å². The van der Waals surface area contributed by atoms with Gasteiger partial charge in [0.15, 0.2) is 0 Å². The van der Waals surface area contributed by atoms with Gasteiger partial charge < -0.3 is 10.6 Å². The van der Waals surface area contributed by atoms with E-state index < -0.39 is 0 Å². The summed E-state index contributed by atoms with van der Waals surface area (Å²) in [5.41, 5.74) is 8.06. The molecule has 0 bridgehead atoms. The average Bonchev–Trinajstić information content (AvgIpc) is 2.30. The first-order valence-electron chi connectivity index (χ1n) is 5.69. The first-order valence-corrected chi connectivity index (χ1v) is 5.69. The summed E-state index contributed by atoms with van der Waals surface area (Å²) in [4.78, 5) is 6.67. The number of hydrogen-bond donors (Lipinski definition) is 1. The van der Waals surface area contributed by atoms with E-state index in [1.807, 2.05) is 12.3 Å². The second-order valence-corrected chi connectivity index (χ2v) is 3.63. The fourth-order valence-electron chi connectivity index (χ4n) is 1.60. The van der Waals surface area contributed by atoms with Gasteiger partial charge in [-0.25, -0.2) is 0 Å². The van der Waals surface area contributed by atoms with Gasteiger partial charge in [0, 0.05) is 19.1 Å². The Hall–Kier alpha value is -1.09. The van der Waals surface area contributed by atoms with Crippen LogP contribution < -0.4 is 10.6 Å². The van der Waals surface area contributed by atoms with E-state index in [0.717, 1.165) is 25.2 Å². The van der Waals surface area contributed by atoms with Crippen LogP contribution >= 0.6 is 0 Å². The largest absolute Gasteiger partial charge is 0.371 e. The van der Waals surface area contributed by atoms with Crippen molar-refractivity contribution in [2.45, 2.75) is 33.2 Å². The molecular formula is C12H21N3. The Kier molecular flexibility index (Phi) is 4.56. The van der Waals surface area contributed by atoms with Crippen LogP contribution in [0.5, 0.6) is 0 Å². The maximum absolute atomic E-state index is 5.91. The van der Waals surface area contributed by atoms with E-state index in [1.54, 1.807) is 0 Å². The highest BCUT2D eigenvalue weighted by Gasteiger charge is 2.06. The van der Waals surface area contributed by atoms with Crippen molar-refractivity contribution in [3.05, 3.63) is 24.0 Å². The Morgan fingerprint density at radius 3 is 2.33 bits per heavy atom. The van der Waals surface area contributed by atoms with Gasteiger partial charge in [-0.15, -0.1) is 0 Å². The van der Waals surface area contributed by atoms with E-state index in [4.69, 9.17) is 5.73 Å². The maximum atomic E-state index is 5.91. The van der Waals surface area contributed by atoms with Crippen molar-refractivity contribution < 1.29 is 0 Å². The van der Waals surface area contributed by atoms with E-state index in [1.165, 1.54) is 5.69 Å². The SMILES string of the molecule is CCC(N)c1ccc(N(CC)CC)cn1. The quantitative estimate of drug-likeness (QED) is 0.805. The first kappa shape index (κ1) is 12.0. The van der Waals surface area contributed by atoms with E-state index in [2.05, 4.69) is 36.7 Å². The van der Waals surface area contributed by atoms with E-state index in [-0.39, 0.29) is 6.04 Å². The van der Waals surface area contributed by atoms with Gasteiger partial charge in [0.05, 0.1) is 17.6 Å². The lowest BCUT2D eigenvalue weighted by molar-refractivity contribution is 0.675. The molecule has 0 aliphatic rings. The standard InChI is InChI=1S/C12H21N3/c1-4-11(13)12-8-7-10(9-14-12)15(5-2)6-3/h7-9,11H,4-6,13H2,1-3H3. The molecule has 0 saturated heterocycles. The van der Waals surface area contributed by atoms with Gasteiger partial charge in [0.25, 0.3) is 0 Å². The summed E-state index contributed by atoms with van der Waals surface area (Å²) in [5.74, 6) is 0. The number of anilines is 1. The van der Waals surface area contributed by atoms with Crippen LogP contribution in [0.4, 0.5) is 5.69 Å². The number of nitrogens with two attached hydrogens (primary N) is 1. The zero-order valence-electron chi connectivity index (χ0n) is 9.90.